The molecular formula is C17H27N3OS. The Morgan fingerprint density at radius 3 is 2.82 bits per heavy atom. The van der Waals surface area contributed by atoms with E-state index < -0.39 is 0 Å². The van der Waals surface area contributed by atoms with E-state index in [1.54, 1.807) is 0 Å². The van der Waals surface area contributed by atoms with Crippen molar-refractivity contribution in [3.8, 4) is 0 Å². The van der Waals surface area contributed by atoms with Crippen LogP contribution in [0.15, 0.2) is 30.3 Å². The van der Waals surface area contributed by atoms with Gasteiger partial charge in [-0.1, -0.05) is 44.2 Å². The van der Waals surface area contributed by atoms with Crippen LogP contribution in [0.25, 0.3) is 0 Å². The summed E-state index contributed by atoms with van der Waals surface area (Å²) in [5, 5.41) is 7.19. The highest BCUT2D eigenvalue weighted by Crippen LogP contribution is 2.07. The van der Waals surface area contributed by atoms with E-state index in [-0.39, 0.29) is 6.10 Å². The van der Waals surface area contributed by atoms with Crippen LogP contribution in [0, 0.1) is 5.92 Å². The molecule has 0 radical (unpaired) electrons. The molecule has 0 amide bonds. The van der Waals surface area contributed by atoms with Gasteiger partial charge in [0.1, 0.15) is 0 Å². The molecule has 2 N–H and O–H groups in total. The Labute approximate surface area is 139 Å². The highest BCUT2D eigenvalue weighted by molar-refractivity contribution is 7.80. The van der Waals surface area contributed by atoms with Crippen LogP contribution in [0.4, 0.5) is 0 Å². The Hall–Kier alpha value is -1.17. The van der Waals surface area contributed by atoms with E-state index in [1.807, 2.05) is 18.2 Å². The summed E-state index contributed by atoms with van der Waals surface area (Å²) in [7, 11) is 0. The zero-order chi connectivity index (χ0) is 15.8. The number of benzene rings is 1. The fourth-order valence-electron chi connectivity index (χ4n) is 2.63. The standard InChI is InChI=1S/C17H27N3OS/c1-14(2)12-20-8-9-21-16(13-20)11-19-17(22)18-10-15-6-4-3-5-7-15/h3-7,14,16H,8-13H2,1-2H3,(H2,18,19,22)/t16-/m0/s1. The molecule has 1 fully saturated rings. The molecule has 1 atom stereocenters. The number of nitrogens with one attached hydrogen (secondary N) is 2. The predicted octanol–water partition coefficient (Wildman–Crippen LogP) is 2.01. The summed E-state index contributed by atoms with van der Waals surface area (Å²) in [6, 6.07) is 10.3. The van der Waals surface area contributed by atoms with Crippen LogP contribution in [0.1, 0.15) is 19.4 Å². The lowest BCUT2D eigenvalue weighted by Gasteiger charge is -2.34. The van der Waals surface area contributed by atoms with Gasteiger partial charge in [-0.25, -0.2) is 0 Å². The normalized spacial score (nSPS) is 19.1. The van der Waals surface area contributed by atoms with Gasteiger partial charge in [0.25, 0.3) is 0 Å². The minimum atomic E-state index is 0.212. The lowest BCUT2D eigenvalue weighted by atomic mass is 10.2. The van der Waals surface area contributed by atoms with Gasteiger partial charge in [-0.2, -0.15) is 0 Å². The molecule has 0 spiro atoms. The molecule has 1 aromatic rings. The molecule has 122 valence electrons. The molecule has 0 aromatic heterocycles. The van der Waals surface area contributed by atoms with Crippen molar-refractivity contribution >= 4 is 17.3 Å². The molecule has 0 bridgehead atoms. The first-order chi connectivity index (χ1) is 10.6. The first-order valence-electron chi connectivity index (χ1n) is 8.03. The van der Waals surface area contributed by atoms with Gasteiger partial charge in [0, 0.05) is 32.7 Å². The molecule has 1 aliphatic rings. The molecule has 1 saturated heterocycles. The average Bonchev–Trinajstić information content (AvgIpc) is 2.52. The minimum absolute atomic E-state index is 0.212. The molecule has 1 heterocycles. The van der Waals surface area contributed by atoms with Gasteiger partial charge in [-0.05, 0) is 23.7 Å². The van der Waals surface area contributed by atoms with E-state index in [0.29, 0.717) is 11.0 Å². The number of hydrogen-bond donors (Lipinski definition) is 2. The fraction of sp³-hybridized carbons (Fsp3) is 0.588. The van der Waals surface area contributed by atoms with Gasteiger partial charge in [-0.15, -0.1) is 0 Å². The lowest BCUT2D eigenvalue weighted by Crippen LogP contribution is -2.49. The third-order valence-corrected chi connectivity index (χ3v) is 3.92. The van der Waals surface area contributed by atoms with Crippen molar-refractivity contribution < 1.29 is 4.74 Å². The van der Waals surface area contributed by atoms with Crippen molar-refractivity contribution in [2.45, 2.75) is 26.5 Å². The van der Waals surface area contributed by atoms with Gasteiger partial charge in [0.2, 0.25) is 0 Å². The van der Waals surface area contributed by atoms with E-state index >= 15 is 0 Å². The quantitative estimate of drug-likeness (QED) is 0.784. The summed E-state index contributed by atoms with van der Waals surface area (Å²) in [6.45, 7) is 9.97. The summed E-state index contributed by atoms with van der Waals surface area (Å²) in [5.41, 5.74) is 1.23. The summed E-state index contributed by atoms with van der Waals surface area (Å²) in [5.74, 6) is 0.695. The van der Waals surface area contributed by atoms with Crippen LogP contribution in [0.2, 0.25) is 0 Å². The van der Waals surface area contributed by atoms with Gasteiger partial charge in [-0.3, -0.25) is 4.90 Å². The molecule has 1 aliphatic heterocycles. The number of nitrogens with zero attached hydrogens (tertiary/aromatic N) is 1. The largest absolute Gasteiger partial charge is 0.374 e. The molecule has 0 aliphatic carbocycles. The van der Waals surface area contributed by atoms with E-state index in [9.17, 15) is 0 Å². The maximum Gasteiger partial charge on any atom is 0.166 e. The summed E-state index contributed by atoms with van der Waals surface area (Å²) in [4.78, 5) is 2.47. The number of thiocarbonyl (C=S) groups is 1. The Kier molecular flexibility index (Phi) is 7.09. The topological polar surface area (TPSA) is 36.5 Å². The molecule has 2 rings (SSSR count). The second-order valence-corrected chi connectivity index (χ2v) is 6.60. The van der Waals surface area contributed by atoms with Crippen LogP contribution in [0.3, 0.4) is 0 Å². The van der Waals surface area contributed by atoms with E-state index in [1.165, 1.54) is 5.56 Å². The van der Waals surface area contributed by atoms with E-state index in [0.717, 1.165) is 39.3 Å². The van der Waals surface area contributed by atoms with E-state index in [4.69, 9.17) is 17.0 Å². The molecule has 22 heavy (non-hydrogen) atoms. The zero-order valence-electron chi connectivity index (χ0n) is 13.5. The second kappa shape index (κ2) is 9.08. The number of ether oxygens (including phenoxy) is 1. The monoisotopic (exact) mass is 321 g/mol. The van der Waals surface area contributed by atoms with Gasteiger partial charge in [0.05, 0.1) is 12.7 Å². The van der Waals surface area contributed by atoms with Crippen molar-refractivity contribution in [2.24, 2.45) is 5.92 Å². The first-order valence-corrected chi connectivity index (χ1v) is 8.44. The Balaban J connectivity index is 1.65. The van der Waals surface area contributed by atoms with E-state index in [2.05, 4.69) is 41.5 Å². The number of rotatable bonds is 6. The Morgan fingerprint density at radius 1 is 1.32 bits per heavy atom. The fourth-order valence-corrected chi connectivity index (χ4v) is 2.79. The molecular weight excluding hydrogens is 294 g/mol. The number of hydrogen-bond acceptors (Lipinski definition) is 3. The van der Waals surface area contributed by atoms with Crippen molar-refractivity contribution in [1.82, 2.24) is 15.5 Å². The van der Waals surface area contributed by atoms with Crippen LogP contribution < -0.4 is 10.6 Å². The van der Waals surface area contributed by atoms with Crippen LogP contribution in [0.5, 0.6) is 0 Å². The number of morpholine rings is 1. The first kappa shape index (κ1) is 17.2. The maximum absolute atomic E-state index is 5.81. The van der Waals surface area contributed by atoms with Crippen LogP contribution in [-0.4, -0.2) is 48.9 Å². The smallest absolute Gasteiger partial charge is 0.166 e. The lowest BCUT2D eigenvalue weighted by molar-refractivity contribution is -0.0283. The van der Waals surface area contributed by atoms with Gasteiger partial charge < -0.3 is 15.4 Å². The summed E-state index contributed by atoms with van der Waals surface area (Å²) in [6.07, 6.45) is 0.212. The van der Waals surface area contributed by atoms with Crippen molar-refractivity contribution in [3.05, 3.63) is 35.9 Å². The predicted molar refractivity (Wildman–Crippen MR) is 94.9 cm³/mol. The zero-order valence-corrected chi connectivity index (χ0v) is 14.4. The third kappa shape index (κ3) is 6.30. The highest BCUT2D eigenvalue weighted by atomic mass is 32.1. The summed E-state index contributed by atoms with van der Waals surface area (Å²) >= 11 is 5.33. The molecule has 4 nitrogen and oxygen atoms in total. The third-order valence-electron chi connectivity index (χ3n) is 3.63. The average molecular weight is 321 g/mol. The maximum atomic E-state index is 5.81. The van der Waals surface area contributed by atoms with Crippen molar-refractivity contribution in [2.75, 3.05) is 32.8 Å². The van der Waals surface area contributed by atoms with Gasteiger partial charge in [0.15, 0.2) is 5.11 Å². The van der Waals surface area contributed by atoms with Gasteiger partial charge >= 0.3 is 0 Å². The Morgan fingerprint density at radius 2 is 2.09 bits per heavy atom. The van der Waals surface area contributed by atoms with Crippen LogP contribution in [-0.2, 0) is 11.3 Å². The van der Waals surface area contributed by atoms with Crippen LogP contribution >= 0.6 is 12.2 Å². The minimum Gasteiger partial charge on any atom is -0.374 e. The second-order valence-electron chi connectivity index (χ2n) is 6.20. The SMILES string of the molecule is CC(C)CN1CCO[C@@H](CNC(=S)NCc2ccccc2)C1. The van der Waals surface area contributed by atoms with Crippen molar-refractivity contribution in [1.29, 1.82) is 0 Å². The van der Waals surface area contributed by atoms with Crippen molar-refractivity contribution in [3.63, 3.8) is 0 Å². The molecule has 0 unspecified atom stereocenters. The molecule has 0 saturated carbocycles. The highest BCUT2D eigenvalue weighted by Gasteiger charge is 2.20. The summed E-state index contributed by atoms with van der Waals surface area (Å²) < 4.78 is 5.81. The molecule has 5 heteroatoms. The molecule has 1 aromatic carbocycles. The Bertz CT molecular complexity index is 452.